The van der Waals surface area contributed by atoms with Crippen molar-refractivity contribution in [3.8, 4) is 11.3 Å². The van der Waals surface area contributed by atoms with E-state index in [9.17, 15) is 5.11 Å². The van der Waals surface area contributed by atoms with Gasteiger partial charge < -0.3 is 16.2 Å². The maximum atomic E-state index is 10.7. The molecule has 0 bridgehead atoms. The topological polar surface area (TPSA) is 88.5 Å². The minimum atomic E-state index is -0.881. The minimum absolute atomic E-state index is 0.446. The van der Waals surface area contributed by atoms with Crippen molar-refractivity contribution in [1.29, 1.82) is 0 Å². The molecule has 3 rings (SSSR count). The van der Waals surface area contributed by atoms with E-state index in [1.54, 1.807) is 12.3 Å². The van der Waals surface area contributed by atoms with Crippen molar-refractivity contribution in [3.05, 3.63) is 76.5 Å². The number of halogens is 1. The van der Waals surface area contributed by atoms with Gasteiger partial charge in [-0.25, -0.2) is 9.97 Å². The molecule has 0 aliphatic carbocycles. The number of nitrogens with one attached hydrogen (secondary N) is 1. The van der Waals surface area contributed by atoms with E-state index in [-0.39, 0.29) is 0 Å². The van der Waals surface area contributed by atoms with Gasteiger partial charge in [0.1, 0.15) is 29.0 Å². The maximum absolute atomic E-state index is 10.7. The quantitative estimate of drug-likeness (QED) is 0.403. The summed E-state index contributed by atoms with van der Waals surface area (Å²) in [5, 5.41) is 14.6. The molecule has 2 heterocycles. The van der Waals surface area contributed by atoms with Gasteiger partial charge in [-0.3, -0.25) is 4.40 Å². The lowest BCUT2D eigenvalue weighted by Gasteiger charge is -2.18. The van der Waals surface area contributed by atoms with Crippen LogP contribution in [-0.4, -0.2) is 25.6 Å². The Morgan fingerprint density at radius 2 is 2.06 bits per heavy atom. The molecule has 1 atom stereocenters. The van der Waals surface area contributed by atoms with Gasteiger partial charge in [-0.1, -0.05) is 37.2 Å². The van der Waals surface area contributed by atoms with E-state index in [1.807, 2.05) is 63.3 Å². The molecule has 2 aromatic heterocycles. The largest absolute Gasteiger partial charge is 0.382 e. The first-order valence-electron chi connectivity index (χ1n) is 10.5. The maximum Gasteiger partial charge on any atom is 0.150 e. The number of nitrogens with two attached hydrogens (primary N) is 1. The first-order valence-corrected chi connectivity index (χ1v) is 10.9. The van der Waals surface area contributed by atoms with Crippen molar-refractivity contribution in [1.82, 2.24) is 14.4 Å². The van der Waals surface area contributed by atoms with Gasteiger partial charge in [0.15, 0.2) is 0 Å². The van der Waals surface area contributed by atoms with E-state index in [1.165, 1.54) is 0 Å². The molecule has 0 saturated carbocycles. The zero-order chi connectivity index (χ0) is 23.6. The number of aryl methyl sites for hydroxylation is 3. The third-order valence-electron chi connectivity index (χ3n) is 5.46. The number of rotatable bonds is 7. The monoisotopic (exact) mass is 451 g/mol. The Balaban J connectivity index is 1.91. The van der Waals surface area contributed by atoms with Crippen LogP contribution in [0.25, 0.3) is 16.8 Å². The number of fused-ring (bicyclic) bond motifs is 1. The standard InChI is InChI=1S/C25H30ClN5O/c1-7-18(12-19(26)8-2)24(32)16(5)29-20-9-10-21(14(3)11-20)22-23-25(27)28-13-15(4)31(23)17(6)30-22/h7,9-13,24,29,32H,5,8H2,1-4,6H3,(H2,27,28)/b18-7+,19-12+. The summed E-state index contributed by atoms with van der Waals surface area (Å²) in [6.45, 7) is 13.8. The number of nitrogen functional groups attached to an aromatic ring is 1. The first-order chi connectivity index (χ1) is 15.2. The number of aliphatic hydroxyl groups is 1. The van der Waals surface area contributed by atoms with Gasteiger partial charge in [-0.15, -0.1) is 0 Å². The zero-order valence-corrected chi connectivity index (χ0v) is 20.0. The molecule has 32 heavy (non-hydrogen) atoms. The molecule has 168 valence electrons. The summed E-state index contributed by atoms with van der Waals surface area (Å²) in [7, 11) is 0. The average Bonchev–Trinajstić information content (AvgIpc) is 3.12. The molecule has 1 aromatic carbocycles. The van der Waals surface area contributed by atoms with Crippen LogP contribution in [0.2, 0.25) is 0 Å². The summed E-state index contributed by atoms with van der Waals surface area (Å²) in [5.74, 6) is 1.30. The van der Waals surface area contributed by atoms with Crippen molar-refractivity contribution in [2.45, 2.75) is 47.1 Å². The van der Waals surface area contributed by atoms with Crippen LogP contribution < -0.4 is 11.1 Å². The van der Waals surface area contributed by atoms with Gasteiger partial charge in [0.2, 0.25) is 0 Å². The SMILES string of the molecule is C=C(Nc1ccc(-c2nc(C)n3c(C)cnc(N)c23)c(C)c1)C(O)C(/C=C(/Cl)CC)=C/C. The Morgan fingerprint density at radius 3 is 2.69 bits per heavy atom. The van der Waals surface area contributed by atoms with E-state index >= 15 is 0 Å². The number of aromatic nitrogens is 3. The number of nitrogens with zero attached hydrogens (tertiary/aromatic N) is 3. The molecule has 0 saturated heterocycles. The van der Waals surface area contributed by atoms with Crippen LogP contribution in [0.3, 0.4) is 0 Å². The third-order valence-corrected chi connectivity index (χ3v) is 5.83. The number of hydrogen-bond donors (Lipinski definition) is 3. The molecule has 6 nitrogen and oxygen atoms in total. The molecule has 0 amide bonds. The second-order valence-electron chi connectivity index (χ2n) is 7.79. The fraction of sp³-hybridized carbons (Fsp3) is 0.280. The summed E-state index contributed by atoms with van der Waals surface area (Å²) < 4.78 is 2.02. The van der Waals surface area contributed by atoms with E-state index in [4.69, 9.17) is 22.3 Å². The highest BCUT2D eigenvalue weighted by Gasteiger charge is 2.18. The van der Waals surface area contributed by atoms with Gasteiger partial charge in [0, 0.05) is 33.9 Å². The number of benzene rings is 1. The number of aliphatic hydroxyl groups excluding tert-OH is 1. The fourth-order valence-electron chi connectivity index (χ4n) is 3.73. The van der Waals surface area contributed by atoms with E-state index in [0.29, 0.717) is 28.5 Å². The molecule has 0 radical (unpaired) electrons. The Labute approximate surface area is 194 Å². The Morgan fingerprint density at radius 1 is 1.34 bits per heavy atom. The summed E-state index contributed by atoms with van der Waals surface area (Å²) in [6.07, 6.45) is 5.18. The normalized spacial score (nSPS) is 13.5. The van der Waals surface area contributed by atoms with Crippen LogP contribution in [0.15, 0.2) is 59.4 Å². The highest BCUT2D eigenvalue weighted by molar-refractivity contribution is 6.29. The lowest BCUT2D eigenvalue weighted by molar-refractivity contribution is 0.252. The highest BCUT2D eigenvalue weighted by Crippen LogP contribution is 2.32. The summed E-state index contributed by atoms with van der Waals surface area (Å²) >= 11 is 6.15. The van der Waals surface area contributed by atoms with E-state index < -0.39 is 6.10 Å². The molecule has 0 aliphatic rings. The molecule has 0 fully saturated rings. The van der Waals surface area contributed by atoms with Crippen molar-refractivity contribution >= 4 is 28.6 Å². The molecule has 0 aliphatic heterocycles. The van der Waals surface area contributed by atoms with Crippen molar-refractivity contribution < 1.29 is 5.11 Å². The third kappa shape index (κ3) is 4.56. The Bertz CT molecular complexity index is 1240. The molecule has 7 heteroatoms. The average molecular weight is 452 g/mol. The summed E-state index contributed by atoms with van der Waals surface area (Å²) in [6, 6.07) is 5.92. The Hall–Kier alpha value is -3.09. The van der Waals surface area contributed by atoms with Crippen molar-refractivity contribution in [2.24, 2.45) is 0 Å². The van der Waals surface area contributed by atoms with Crippen LogP contribution in [0.5, 0.6) is 0 Å². The summed E-state index contributed by atoms with van der Waals surface area (Å²) in [5.41, 5.74) is 12.7. The van der Waals surface area contributed by atoms with Gasteiger partial charge in [-0.2, -0.15) is 0 Å². The molecule has 1 unspecified atom stereocenters. The Kier molecular flexibility index (Phi) is 7.06. The second-order valence-corrected chi connectivity index (χ2v) is 8.28. The smallest absolute Gasteiger partial charge is 0.150 e. The number of hydrogen-bond acceptors (Lipinski definition) is 5. The van der Waals surface area contributed by atoms with Gasteiger partial charge in [-0.05, 0) is 63.5 Å². The number of anilines is 2. The van der Waals surface area contributed by atoms with Crippen LogP contribution in [0.4, 0.5) is 11.5 Å². The van der Waals surface area contributed by atoms with Crippen LogP contribution in [0.1, 0.15) is 37.4 Å². The van der Waals surface area contributed by atoms with E-state index in [2.05, 4.69) is 16.9 Å². The summed E-state index contributed by atoms with van der Waals surface area (Å²) in [4.78, 5) is 9.08. The predicted octanol–water partition coefficient (Wildman–Crippen LogP) is 5.67. The molecule has 4 N–H and O–H groups in total. The van der Waals surface area contributed by atoms with Gasteiger partial charge >= 0.3 is 0 Å². The highest BCUT2D eigenvalue weighted by atomic mass is 35.5. The van der Waals surface area contributed by atoms with Crippen molar-refractivity contribution in [3.63, 3.8) is 0 Å². The lowest BCUT2D eigenvalue weighted by Crippen LogP contribution is -2.18. The predicted molar refractivity (Wildman–Crippen MR) is 134 cm³/mol. The van der Waals surface area contributed by atoms with Crippen LogP contribution in [-0.2, 0) is 0 Å². The van der Waals surface area contributed by atoms with Gasteiger partial charge in [0.25, 0.3) is 0 Å². The molecule has 0 spiro atoms. The zero-order valence-electron chi connectivity index (χ0n) is 19.2. The van der Waals surface area contributed by atoms with Crippen LogP contribution >= 0.6 is 11.6 Å². The molecule has 3 aromatic rings. The first kappa shape index (κ1) is 23.6. The fourth-order valence-corrected chi connectivity index (χ4v) is 3.86. The second kappa shape index (κ2) is 9.59. The number of imidazole rings is 1. The molecular weight excluding hydrogens is 422 g/mol. The van der Waals surface area contributed by atoms with Crippen LogP contribution in [0, 0.1) is 20.8 Å². The van der Waals surface area contributed by atoms with Gasteiger partial charge in [0.05, 0.1) is 0 Å². The minimum Gasteiger partial charge on any atom is -0.382 e. The lowest BCUT2D eigenvalue weighted by atomic mass is 10.0. The van der Waals surface area contributed by atoms with Crippen molar-refractivity contribution in [2.75, 3.05) is 11.1 Å². The van der Waals surface area contributed by atoms with E-state index in [0.717, 1.165) is 39.5 Å². The number of allylic oxidation sites excluding steroid dienone is 2. The molecular formula is C25H30ClN5O.